The summed E-state index contributed by atoms with van der Waals surface area (Å²) in [5, 5.41) is 0. The Morgan fingerprint density at radius 1 is 1.38 bits per heavy atom. The molecule has 1 atom stereocenters. The Labute approximate surface area is 79.4 Å². The van der Waals surface area contributed by atoms with Gasteiger partial charge in [-0.1, -0.05) is 26.2 Å². The van der Waals surface area contributed by atoms with Gasteiger partial charge in [0.1, 0.15) is 12.7 Å². The molecule has 1 rings (SSSR count). The van der Waals surface area contributed by atoms with Crippen LogP contribution in [-0.2, 0) is 14.3 Å². The smallest absolute Gasteiger partial charge is 0.332 e. The third kappa shape index (κ3) is 4.27. The molecular weight excluding hydrogens is 168 g/mol. The molecule has 1 heterocycles. The summed E-state index contributed by atoms with van der Waals surface area (Å²) < 4.78 is 10.2. The van der Waals surface area contributed by atoms with Gasteiger partial charge in [0.2, 0.25) is 0 Å². The van der Waals surface area contributed by atoms with Crippen molar-refractivity contribution in [2.24, 2.45) is 0 Å². The molecule has 13 heavy (non-hydrogen) atoms. The van der Waals surface area contributed by atoms with Crippen LogP contribution >= 0.6 is 0 Å². The fourth-order valence-electron chi connectivity index (χ4n) is 1.47. The second-order valence-electron chi connectivity index (χ2n) is 3.48. The van der Waals surface area contributed by atoms with E-state index in [1.807, 2.05) is 0 Å². The Morgan fingerprint density at radius 2 is 2.23 bits per heavy atom. The number of carbonyl (C=O) groups is 1. The molecule has 3 heteroatoms. The molecule has 0 aliphatic carbocycles. The van der Waals surface area contributed by atoms with Crippen molar-refractivity contribution in [1.29, 1.82) is 0 Å². The molecule has 0 N–H and O–H groups in total. The van der Waals surface area contributed by atoms with Crippen LogP contribution in [0.25, 0.3) is 0 Å². The lowest BCUT2D eigenvalue weighted by Crippen LogP contribution is -2.32. The highest BCUT2D eigenvalue weighted by atomic mass is 16.6. The largest absolute Gasteiger partial charge is 0.458 e. The Morgan fingerprint density at radius 3 is 2.92 bits per heavy atom. The molecule has 0 saturated carbocycles. The van der Waals surface area contributed by atoms with Crippen LogP contribution in [-0.4, -0.2) is 25.3 Å². The summed E-state index contributed by atoms with van der Waals surface area (Å²) in [7, 11) is 0. The molecule has 0 spiro atoms. The first kappa shape index (κ1) is 10.5. The molecule has 3 nitrogen and oxygen atoms in total. The third-order valence-corrected chi connectivity index (χ3v) is 2.20. The molecule has 0 aromatic heterocycles. The lowest BCUT2D eigenvalue weighted by Gasteiger charge is -2.22. The van der Waals surface area contributed by atoms with E-state index < -0.39 is 0 Å². The molecule has 1 aliphatic rings. The first-order chi connectivity index (χ1) is 6.33. The average Bonchev–Trinajstić information content (AvgIpc) is 2.13. The molecule has 1 aliphatic heterocycles. The second-order valence-corrected chi connectivity index (χ2v) is 3.48. The van der Waals surface area contributed by atoms with Crippen molar-refractivity contribution in [3.63, 3.8) is 0 Å². The van der Waals surface area contributed by atoms with E-state index in [2.05, 4.69) is 6.92 Å². The van der Waals surface area contributed by atoms with Crippen LogP contribution in [0.3, 0.4) is 0 Å². The van der Waals surface area contributed by atoms with E-state index >= 15 is 0 Å². The molecule has 0 radical (unpaired) electrons. The van der Waals surface area contributed by atoms with Crippen molar-refractivity contribution in [3.05, 3.63) is 0 Å². The summed E-state index contributed by atoms with van der Waals surface area (Å²) in [6.45, 7) is 2.90. The van der Waals surface area contributed by atoms with Gasteiger partial charge in [0.05, 0.1) is 6.61 Å². The predicted octanol–water partition coefficient (Wildman–Crippen LogP) is 1.90. The van der Waals surface area contributed by atoms with Crippen molar-refractivity contribution in [2.45, 2.75) is 45.1 Å². The highest BCUT2D eigenvalue weighted by Crippen LogP contribution is 2.11. The van der Waals surface area contributed by atoms with E-state index in [9.17, 15) is 4.79 Å². The molecule has 0 aromatic carbocycles. The molecule has 1 fully saturated rings. The Kier molecular flexibility index (Phi) is 4.83. The Hall–Kier alpha value is -0.570. The van der Waals surface area contributed by atoms with Gasteiger partial charge in [-0.2, -0.15) is 0 Å². The van der Waals surface area contributed by atoms with Gasteiger partial charge in [-0.05, 0) is 12.8 Å². The lowest BCUT2D eigenvalue weighted by molar-refractivity contribution is -0.170. The minimum Gasteiger partial charge on any atom is -0.458 e. The Balaban J connectivity index is 2.03. The molecular formula is C10H18O3. The van der Waals surface area contributed by atoms with Gasteiger partial charge in [0.15, 0.2) is 0 Å². The number of hydrogen-bond acceptors (Lipinski definition) is 3. The van der Waals surface area contributed by atoms with Crippen molar-refractivity contribution in [3.8, 4) is 0 Å². The average molecular weight is 186 g/mol. The van der Waals surface area contributed by atoms with Crippen LogP contribution in [0, 0.1) is 0 Å². The minimum absolute atomic E-state index is 0.0121. The second kappa shape index (κ2) is 5.97. The molecule has 0 bridgehead atoms. The van der Waals surface area contributed by atoms with Crippen molar-refractivity contribution < 1.29 is 14.3 Å². The van der Waals surface area contributed by atoms with E-state index in [1.54, 1.807) is 0 Å². The monoisotopic (exact) mass is 186 g/mol. The lowest BCUT2D eigenvalue weighted by atomic mass is 10.1. The summed E-state index contributed by atoms with van der Waals surface area (Å²) in [4.78, 5) is 10.8. The van der Waals surface area contributed by atoms with Gasteiger partial charge in [0.25, 0.3) is 0 Å². The Bertz CT molecular complexity index is 156. The van der Waals surface area contributed by atoms with Gasteiger partial charge in [-0.25, -0.2) is 4.79 Å². The minimum atomic E-state index is -0.216. The van der Waals surface area contributed by atoms with Crippen molar-refractivity contribution in [1.82, 2.24) is 0 Å². The normalized spacial score (nSPS) is 22.8. The summed E-state index contributed by atoms with van der Waals surface area (Å²) in [6, 6.07) is 0. The first-order valence-corrected chi connectivity index (χ1v) is 5.10. The number of cyclic esters (lactones) is 1. The number of hydrogen-bond donors (Lipinski definition) is 0. The zero-order valence-corrected chi connectivity index (χ0v) is 8.25. The zero-order chi connectivity index (χ0) is 9.52. The van der Waals surface area contributed by atoms with E-state index in [0.29, 0.717) is 6.61 Å². The molecule has 0 aromatic rings. The first-order valence-electron chi connectivity index (χ1n) is 5.10. The standard InChI is InChI=1S/C10H18O3/c1-2-3-4-5-6-9-7-12-8-10(11)13-9/h9H,2-8H2,1H3. The van der Waals surface area contributed by atoms with E-state index in [-0.39, 0.29) is 18.7 Å². The van der Waals surface area contributed by atoms with Crippen LogP contribution in [0.4, 0.5) is 0 Å². The highest BCUT2D eigenvalue weighted by Gasteiger charge is 2.19. The SMILES string of the molecule is CCCCCCC1COCC(=O)O1. The summed E-state index contributed by atoms with van der Waals surface area (Å²) in [5.74, 6) is -0.216. The number of carbonyl (C=O) groups excluding carboxylic acids is 1. The van der Waals surface area contributed by atoms with Crippen LogP contribution in [0.2, 0.25) is 0 Å². The fraction of sp³-hybridized carbons (Fsp3) is 0.900. The van der Waals surface area contributed by atoms with Crippen LogP contribution < -0.4 is 0 Å². The highest BCUT2D eigenvalue weighted by molar-refractivity contribution is 5.71. The maximum Gasteiger partial charge on any atom is 0.332 e. The summed E-state index contributed by atoms with van der Waals surface area (Å²) in [5.41, 5.74) is 0. The number of esters is 1. The fourth-order valence-corrected chi connectivity index (χ4v) is 1.47. The summed E-state index contributed by atoms with van der Waals surface area (Å²) >= 11 is 0. The molecule has 76 valence electrons. The van der Waals surface area contributed by atoms with Gasteiger partial charge in [0, 0.05) is 0 Å². The van der Waals surface area contributed by atoms with E-state index in [4.69, 9.17) is 9.47 Å². The predicted molar refractivity (Wildman–Crippen MR) is 49.5 cm³/mol. The van der Waals surface area contributed by atoms with Gasteiger partial charge >= 0.3 is 5.97 Å². The van der Waals surface area contributed by atoms with Crippen LogP contribution in [0.5, 0.6) is 0 Å². The zero-order valence-electron chi connectivity index (χ0n) is 8.25. The third-order valence-electron chi connectivity index (χ3n) is 2.20. The quantitative estimate of drug-likeness (QED) is 0.486. The van der Waals surface area contributed by atoms with Gasteiger partial charge in [-0.3, -0.25) is 0 Å². The van der Waals surface area contributed by atoms with Gasteiger partial charge in [-0.15, -0.1) is 0 Å². The molecule has 1 unspecified atom stereocenters. The molecule has 0 amide bonds. The maximum absolute atomic E-state index is 10.8. The van der Waals surface area contributed by atoms with E-state index in [0.717, 1.165) is 12.8 Å². The topological polar surface area (TPSA) is 35.5 Å². The maximum atomic E-state index is 10.8. The van der Waals surface area contributed by atoms with Crippen molar-refractivity contribution >= 4 is 5.97 Å². The number of ether oxygens (including phenoxy) is 2. The summed E-state index contributed by atoms with van der Waals surface area (Å²) in [6.07, 6.45) is 5.83. The number of unbranched alkanes of at least 4 members (excludes halogenated alkanes) is 3. The molecule has 1 saturated heterocycles. The van der Waals surface area contributed by atoms with E-state index in [1.165, 1.54) is 19.3 Å². The number of rotatable bonds is 5. The van der Waals surface area contributed by atoms with Crippen LogP contribution in [0.1, 0.15) is 39.0 Å². The van der Waals surface area contributed by atoms with Crippen LogP contribution in [0.15, 0.2) is 0 Å². The van der Waals surface area contributed by atoms with Crippen molar-refractivity contribution in [2.75, 3.05) is 13.2 Å². The van der Waals surface area contributed by atoms with Gasteiger partial charge < -0.3 is 9.47 Å².